The Bertz CT molecular complexity index is 714. The topological polar surface area (TPSA) is 56.4 Å². The number of nitrogens with one attached hydrogen (secondary N) is 1. The van der Waals surface area contributed by atoms with Crippen LogP contribution in [0.3, 0.4) is 0 Å². The molecule has 3 aromatic rings. The summed E-state index contributed by atoms with van der Waals surface area (Å²) in [6.45, 7) is 0. The third-order valence-electron chi connectivity index (χ3n) is 3.59. The zero-order valence-corrected chi connectivity index (χ0v) is 12.8. The predicted octanol–water partition coefficient (Wildman–Crippen LogP) is 3.71. The van der Waals surface area contributed by atoms with E-state index in [1.165, 1.54) is 0 Å². The van der Waals surface area contributed by atoms with E-state index >= 15 is 0 Å². The number of aromatic nitrogens is 1. The van der Waals surface area contributed by atoms with E-state index in [0.29, 0.717) is 11.4 Å². The van der Waals surface area contributed by atoms with E-state index in [1.807, 2.05) is 59.4 Å². The van der Waals surface area contributed by atoms with Crippen LogP contribution in [0.1, 0.15) is 18.2 Å². The van der Waals surface area contributed by atoms with E-state index in [0.717, 1.165) is 5.76 Å². The van der Waals surface area contributed by atoms with Gasteiger partial charge in [0.2, 0.25) is 5.91 Å². The van der Waals surface area contributed by atoms with Crippen LogP contribution in [0.2, 0.25) is 0 Å². The molecule has 1 N–H and O–H groups in total. The van der Waals surface area contributed by atoms with E-state index in [1.54, 1.807) is 19.4 Å². The Hall–Kier alpha value is -2.95. The summed E-state index contributed by atoms with van der Waals surface area (Å²) in [6, 6.07) is 14.7. The quantitative estimate of drug-likeness (QED) is 0.755. The van der Waals surface area contributed by atoms with Crippen molar-refractivity contribution in [3.05, 3.63) is 72.9 Å². The zero-order chi connectivity index (χ0) is 16.1. The average Bonchev–Trinajstić information content (AvgIpc) is 3.26. The molecule has 0 aliphatic heterocycles. The first-order valence-corrected chi connectivity index (χ1v) is 7.36. The lowest BCUT2D eigenvalue weighted by Crippen LogP contribution is -2.19. The van der Waals surface area contributed by atoms with Crippen LogP contribution in [0.25, 0.3) is 0 Å². The maximum absolute atomic E-state index is 12.4. The molecule has 0 radical (unpaired) electrons. The molecule has 0 fully saturated rings. The van der Waals surface area contributed by atoms with E-state index < -0.39 is 0 Å². The molecular weight excluding hydrogens is 292 g/mol. The number of furan rings is 1. The van der Waals surface area contributed by atoms with Gasteiger partial charge in [-0.15, -0.1) is 0 Å². The lowest BCUT2D eigenvalue weighted by molar-refractivity contribution is -0.116. The Morgan fingerprint density at radius 1 is 1.22 bits per heavy atom. The number of rotatable bonds is 6. The number of hydrogen-bond donors (Lipinski definition) is 1. The van der Waals surface area contributed by atoms with Gasteiger partial charge in [-0.05, 0) is 36.4 Å². The highest BCUT2D eigenvalue weighted by molar-refractivity contribution is 5.91. The van der Waals surface area contributed by atoms with Crippen LogP contribution in [-0.2, 0) is 4.79 Å². The zero-order valence-electron chi connectivity index (χ0n) is 12.8. The lowest BCUT2D eigenvalue weighted by atomic mass is 10.1. The molecular formula is C18H18N2O3. The van der Waals surface area contributed by atoms with Crippen molar-refractivity contribution < 1.29 is 13.9 Å². The van der Waals surface area contributed by atoms with Gasteiger partial charge in [-0.3, -0.25) is 4.79 Å². The first kappa shape index (κ1) is 15.0. The second kappa shape index (κ2) is 6.87. The molecule has 0 saturated carbocycles. The van der Waals surface area contributed by atoms with Crippen LogP contribution in [0, 0.1) is 0 Å². The van der Waals surface area contributed by atoms with E-state index in [2.05, 4.69) is 5.32 Å². The molecule has 1 amide bonds. The first-order valence-electron chi connectivity index (χ1n) is 7.36. The highest BCUT2D eigenvalue weighted by atomic mass is 16.5. The molecule has 118 valence electrons. The Morgan fingerprint density at radius 3 is 2.74 bits per heavy atom. The summed E-state index contributed by atoms with van der Waals surface area (Å²) in [6.07, 6.45) is 5.74. The van der Waals surface area contributed by atoms with Crippen molar-refractivity contribution in [3.8, 4) is 5.75 Å². The number of hydrogen-bond acceptors (Lipinski definition) is 3. The van der Waals surface area contributed by atoms with Crippen LogP contribution >= 0.6 is 0 Å². The lowest BCUT2D eigenvalue weighted by Gasteiger charge is -2.16. The highest BCUT2D eigenvalue weighted by Crippen LogP contribution is 2.24. The number of benzene rings is 1. The van der Waals surface area contributed by atoms with Crippen LogP contribution in [-0.4, -0.2) is 17.6 Å². The summed E-state index contributed by atoms with van der Waals surface area (Å²) in [5, 5.41) is 2.90. The second-order valence-electron chi connectivity index (χ2n) is 5.15. The van der Waals surface area contributed by atoms with Crippen molar-refractivity contribution >= 4 is 11.6 Å². The number of carbonyl (C=O) groups is 1. The summed E-state index contributed by atoms with van der Waals surface area (Å²) in [4.78, 5) is 12.4. The fourth-order valence-electron chi connectivity index (χ4n) is 2.48. The largest absolute Gasteiger partial charge is 0.497 e. The van der Waals surface area contributed by atoms with Crippen molar-refractivity contribution in [1.29, 1.82) is 0 Å². The third kappa shape index (κ3) is 3.63. The fourth-order valence-corrected chi connectivity index (χ4v) is 2.48. The molecule has 5 heteroatoms. The second-order valence-corrected chi connectivity index (χ2v) is 5.15. The van der Waals surface area contributed by atoms with Crippen molar-refractivity contribution in [1.82, 2.24) is 4.57 Å². The first-order chi connectivity index (χ1) is 11.3. The van der Waals surface area contributed by atoms with Crippen LogP contribution in [0.15, 0.2) is 71.6 Å². The minimum Gasteiger partial charge on any atom is -0.497 e. The summed E-state index contributed by atoms with van der Waals surface area (Å²) < 4.78 is 12.6. The van der Waals surface area contributed by atoms with E-state index in [9.17, 15) is 4.79 Å². The molecule has 0 aliphatic carbocycles. The summed E-state index contributed by atoms with van der Waals surface area (Å²) in [5.74, 6) is 1.37. The summed E-state index contributed by atoms with van der Waals surface area (Å²) in [7, 11) is 1.60. The SMILES string of the molecule is COc1cccc(NC(=O)C[C@H](c2ccco2)n2cccc2)c1. The predicted molar refractivity (Wildman–Crippen MR) is 87.5 cm³/mol. The number of nitrogens with zero attached hydrogens (tertiary/aromatic N) is 1. The summed E-state index contributed by atoms with van der Waals surface area (Å²) >= 11 is 0. The molecule has 5 nitrogen and oxygen atoms in total. The van der Waals surface area contributed by atoms with Gasteiger partial charge < -0.3 is 19.0 Å². The van der Waals surface area contributed by atoms with Crippen molar-refractivity contribution in [2.45, 2.75) is 12.5 Å². The van der Waals surface area contributed by atoms with Gasteiger partial charge in [0.1, 0.15) is 11.5 Å². The molecule has 1 aromatic carbocycles. The molecule has 0 bridgehead atoms. The maximum atomic E-state index is 12.4. The molecule has 0 aliphatic rings. The van der Waals surface area contributed by atoms with Gasteiger partial charge in [0.25, 0.3) is 0 Å². The molecule has 23 heavy (non-hydrogen) atoms. The maximum Gasteiger partial charge on any atom is 0.226 e. The van der Waals surface area contributed by atoms with Gasteiger partial charge in [0, 0.05) is 24.1 Å². The number of methoxy groups -OCH3 is 1. The Morgan fingerprint density at radius 2 is 2.04 bits per heavy atom. The molecule has 0 saturated heterocycles. The van der Waals surface area contributed by atoms with Crippen molar-refractivity contribution in [3.63, 3.8) is 0 Å². The number of amides is 1. The van der Waals surface area contributed by atoms with Gasteiger partial charge in [0.15, 0.2) is 0 Å². The molecule has 0 unspecified atom stereocenters. The van der Waals surface area contributed by atoms with E-state index in [-0.39, 0.29) is 18.4 Å². The molecule has 0 spiro atoms. The smallest absolute Gasteiger partial charge is 0.226 e. The molecule has 2 heterocycles. The van der Waals surface area contributed by atoms with Gasteiger partial charge >= 0.3 is 0 Å². The Kier molecular flexibility index (Phi) is 4.47. The molecule has 2 aromatic heterocycles. The standard InChI is InChI=1S/C18H18N2O3/c1-22-15-7-4-6-14(12-15)19-18(21)13-16(17-8-5-11-23-17)20-9-2-3-10-20/h2-12,16H,13H2,1H3,(H,19,21)/t16-/m1/s1. The highest BCUT2D eigenvalue weighted by Gasteiger charge is 2.19. The van der Waals surface area contributed by atoms with Crippen LogP contribution < -0.4 is 10.1 Å². The van der Waals surface area contributed by atoms with Gasteiger partial charge in [-0.1, -0.05) is 6.07 Å². The van der Waals surface area contributed by atoms with Crippen molar-refractivity contribution in [2.24, 2.45) is 0 Å². The Balaban J connectivity index is 1.73. The van der Waals surface area contributed by atoms with Crippen LogP contribution in [0.4, 0.5) is 5.69 Å². The van der Waals surface area contributed by atoms with Gasteiger partial charge in [-0.25, -0.2) is 0 Å². The number of anilines is 1. The van der Waals surface area contributed by atoms with Gasteiger partial charge in [-0.2, -0.15) is 0 Å². The Labute approximate surface area is 134 Å². The van der Waals surface area contributed by atoms with Gasteiger partial charge in [0.05, 0.1) is 25.8 Å². The third-order valence-corrected chi connectivity index (χ3v) is 3.59. The van der Waals surface area contributed by atoms with Crippen molar-refractivity contribution in [2.75, 3.05) is 12.4 Å². The van der Waals surface area contributed by atoms with E-state index in [4.69, 9.17) is 9.15 Å². The molecule has 3 rings (SSSR count). The minimum atomic E-state index is -0.175. The number of ether oxygens (including phenoxy) is 1. The normalized spacial score (nSPS) is 11.9. The molecule has 1 atom stereocenters. The summed E-state index contributed by atoms with van der Waals surface area (Å²) in [5.41, 5.74) is 0.708. The average molecular weight is 310 g/mol. The van der Waals surface area contributed by atoms with Crippen LogP contribution in [0.5, 0.6) is 5.75 Å². The number of carbonyl (C=O) groups excluding carboxylic acids is 1. The monoisotopic (exact) mass is 310 g/mol. The fraction of sp³-hybridized carbons (Fsp3) is 0.167. The minimum absolute atomic E-state index is 0.0895.